The molecule has 5 nitrogen and oxygen atoms in total. The number of rotatable bonds is 4. The SMILES string of the molecule is CCC1(C(=O)O)CCCN1S(=O)(=O)c1cccc(Cl)c1Cl. The molecule has 1 aliphatic rings. The summed E-state index contributed by atoms with van der Waals surface area (Å²) in [5.41, 5.74) is -1.41. The van der Waals surface area contributed by atoms with E-state index in [-0.39, 0.29) is 34.3 Å². The van der Waals surface area contributed by atoms with Crippen LogP contribution in [0, 0.1) is 0 Å². The number of hydrogen-bond acceptors (Lipinski definition) is 3. The lowest BCUT2D eigenvalue weighted by Gasteiger charge is -2.33. The van der Waals surface area contributed by atoms with Gasteiger partial charge in [0.15, 0.2) is 0 Å². The van der Waals surface area contributed by atoms with Crippen molar-refractivity contribution in [1.82, 2.24) is 4.31 Å². The Morgan fingerprint density at radius 1 is 1.43 bits per heavy atom. The van der Waals surface area contributed by atoms with E-state index in [1.165, 1.54) is 18.2 Å². The summed E-state index contributed by atoms with van der Waals surface area (Å²) in [4.78, 5) is 11.5. The molecule has 1 unspecified atom stereocenters. The van der Waals surface area contributed by atoms with E-state index in [9.17, 15) is 18.3 Å². The monoisotopic (exact) mass is 351 g/mol. The molecule has 116 valence electrons. The molecule has 1 N–H and O–H groups in total. The van der Waals surface area contributed by atoms with Gasteiger partial charge in [0.05, 0.1) is 10.0 Å². The summed E-state index contributed by atoms with van der Waals surface area (Å²) in [6.07, 6.45) is 0.980. The van der Waals surface area contributed by atoms with Crippen LogP contribution >= 0.6 is 23.2 Å². The molecule has 1 aliphatic heterocycles. The van der Waals surface area contributed by atoms with Crippen molar-refractivity contribution in [3.05, 3.63) is 28.2 Å². The van der Waals surface area contributed by atoms with Crippen molar-refractivity contribution in [2.75, 3.05) is 6.54 Å². The van der Waals surface area contributed by atoms with Gasteiger partial charge in [-0.25, -0.2) is 8.42 Å². The van der Waals surface area contributed by atoms with Crippen molar-refractivity contribution in [2.45, 2.75) is 36.6 Å². The van der Waals surface area contributed by atoms with E-state index >= 15 is 0 Å². The van der Waals surface area contributed by atoms with Crippen LogP contribution in [0.4, 0.5) is 0 Å². The average molecular weight is 352 g/mol. The highest BCUT2D eigenvalue weighted by Crippen LogP contribution is 2.40. The number of carboxylic acids is 1. The van der Waals surface area contributed by atoms with Crippen molar-refractivity contribution < 1.29 is 18.3 Å². The Hall–Kier alpha value is -0.820. The smallest absolute Gasteiger partial charge is 0.325 e. The van der Waals surface area contributed by atoms with Crippen molar-refractivity contribution in [2.24, 2.45) is 0 Å². The first kappa shape index (κ1) is 16.5. The number of halogens is 2. The maximum absolute atomic E-state index is 12.8. The molecule has 0 saturated carbocycles. The number of sulfonamides is 1. The Bertz CT molecular complexity index is 677. The van der Waals surface area contributed by atoms with E-state index in [0.29, 0.717) is 6.42 Å². The molecule has 0 amide bonds. The molecule has 21 heavy (non-hydrogen) atoms. The average Bonchev–Trinajstić information content (AvgIpc) is 2.87. The van der Waals surface area contributed by atoms with Crippen LogP contribution < -0.4 is 0 Å². The first-order chi connectivity index (χ1) is 9.77. The van der Waals surface area contributed by atoms with Crippen molar-refractivity contribution in [3.8, 4) is 0 Å². The van der Waals surface area contributed by atoms with Gasteiger partial charge in [-0.15, -0.1) is 0 Å². The van der Waals surface area contributed by atoms with Crippen LogP contribution in [0.25, 0.3) is 0 Å². The van der Waals surface area contributed by atoms with Gasteiger partial charge in [-0.1, -0.05) is 36.2 Å². The van der Waals surface area contributed by atoms with Crippen LogP contribution in [0.3, 0.4) is 0 Å². The van der Waals surface area contributed by atoms with E-state index in [1.54, 1.807) is 6.92 Å². The van der Waals surface area contributed by atoms with Gasteiger partial charge in [0.25, 0.3) is 0 Å². The Labute approximate surface area is 133 Å². The Balaban J connectivity index is 2.58. The van der Waals surface area contributed by atoms with Crippen molar-refractivity contribution in [3.63, 3.8) is 0 Å². The lowest BCUT2D eigenvalue weighted by Crippen LogP contribution is -2.52. The number of nitrogens with zero attached hydrogens (tertiary/aromatic N) is 1. The Kier molecular flexibility index (Phi) is 4.54. The molecule has 0 aliphatic carbocycles. The van der Waals surface area contributed by atoms with Gasteiger partial charge in [0, 0.05) is 6.54 Å². The van der Waals surface area contributed by atoms with Gasteiger partial charge in [-0.3, -0.25) is 4.79 Å². The molecule has 1 saturated heterocycles. The summed E-state index contributed by atoms with van der Waals surface area (Å²) in [6, 6.07) is 4.30. The van der Waals surface area contributed by atoms with Crippen molar-refractivity contribution >= 4 is 39.2 Å². The zero-order chi connectivity index (χ0) is 15.8. The maximum Gasteiger partial charge on any atom is 0.325 e. The van der Waals surface area contributed by atoms with E-state index in [1.807, 2.05) is 0 Å². The summed E-state index contributed by atoms with van der Waals surface area (Å²) in [6.45, 7) is 1.83. The van der Waals surface area contributed by atoms with Gasteiger partial charge in [0.1, 0.15) is 10.4 Å². The molecule has 8 heteroatoms. The molecule has 1 fully saturated rings. The van der Waals surface area contributed by atoms with Gasteiger partial charge in [-0.05, 0) is 31.4 Å². The van der Waals surface area contributed by atoms with Crippen LogP contribution in [0.15, 0.2) is 23.1 Å². The second-order valence-corrected chi connectivity index (χ2v) is 7.54. The lowest BCUT2D eigenvalue weighted by molar-refractivity contribution is -0.147. The minimum atomic E-state index is -4.02. The Morgan fingerprint density at radius 2 is 2.10 bits per heavy atom. The number of benzene rings is 1. The summed E-state index contributed by atoms with van der Waals surface area (Å²) in [5.74, 6) is -1.13. The van der Waals surface area contributed by atoms with Gasteiger partial charge < -0.3 is 5.11 Å². The minimum Gasteiger partial charge on any atom is -0.480 e. The predicted molar refractivity (Wildman–Crippen MR) is 80.2 cm³/mol. The van der Waals surface area contributed by atoms with Crippen LogP contribution in [-0.2, 0) is 14.8 Å². The number of hydrogen-bond donors (Lipinski definition) is 1. The number of carboxylic acid groups (broad SMARTS) is 1. The normalized spacial score (nSPS) is 23.4. The lowest BCUT2D eigenvalue weighted by atomic mass is 9.95. The molecular formula is C13H15Cl2NO4S. The third-order valence-corrected chi connectivity index (χ3v) is 6.84. The fourth-order valence-electron chi connectivity index (χ4n) is 2.72. The maximum atomic E-state index is 12.8. The van der Waals surface area contributed by atoms with E-state index in [0.717, 1.165) is 4.31 Å². The third kappa shape index (κ3) is 2.54. The number of carbonyl (C=O) groups is 1. The molecule has 1 aromatic rings. The first-order valence-electron chi connectivity index (χ1n) is 6.47. The molecule has 1 heterocycles. The topological polar surface area (TPSA) is 74.7 Å². The molecule has 0 radical (unpaired) electrons. The molecule has 0 bridgehead atoms. The molecular weight excluding hydrogens is 337 g/mol. The first-order valence-corrected chi connectivity index (χ1v) is 8.67. The summed E-state index contributed by atoms with van der Waals surface area (Å²) < 4.78 is 26.7. The molecule has 0 aromatic heterocycles. The largest absolute Gasteiger partial charge is 0.480 e. The zero-order valence-corrected chi connectivity index (χ0v) is 13.7. The fourth-order valence-corrected chi connectivity index (χ4v) is 5.33. The highest BCUT2D eigenvalue weighted by atomic mass is 35.5. The van der Waals surface area contributed by atoms with Gasteiger partial charge in [-0.2, -0.15) is 4.31 Å². The van der Waals surface area contributed by atoms with Crippen molar-refractivity contribution in [1.29, 1.82) is 0 Å². The van der Waals surface area contributed by atoms with Crippen LogP contribution in [0.5, 0.6) is 0 Å². The van der Waals surface area contributed by atoms with Crippen LogP contribution in [0.2, 0.25) is 10.0 Å². The van der Waals surface area contributed by atoms with E-state index in [4.69, 9.17) is 23.2 Å². The second-order valence-electron chi connectivity index (χ2n) is 4.92. The standard InChI is InChI=1S/C13H15Cl2NO4S/c1-2-13(12(17)18)7-4-8-16(13)21(19,20)10-6-3-5-9(14)11(10)15/h3,5-6H,2,4,7-8H2,1H3,(H,17,18). The number of aliphatic carboxylic acids is 1. The summed E-state index contributed by atoms with van der Waals surface area (Å²) in [5, 5.41) is 9.54. The summed E-state index contributed by atoms with van der Waals surface area (Å²) >= 11 is 11.8. The molecule has 1 aromatic carbocycles. The van der Waals surface area contributed by atoms with Gasteiger partial charge >= 0.3 is 5.97 Å². The molecule has 0 spiro atoms. The van der Waals surface area contributed by atoms with E-state index < -0.39 is 21.5 Å². The van der Waals surface area contributed by atoms with Crippen LogP contribution in [0.1, 0.15) is 26.2 Å². The molecule has 1 atom stereocenters. The zero-order valence-electron chi connectivity index (χ0n) is 11.3. The highest BCUT2D eigenvalue weighted by Gasteiger charge is 2.52. The van der Waals surface area contributed by atoms with Gasteiger partial charge in [0.2, 0.25) is 10.0 Å². The third-order valence-electron chi connectivity index (χ3n) is 3.90. The summed E-state index contributed by atoms with van der Waals surface area (Å²) in [7, 11) is -4.02. The molecule has 2 rings (SSSR count). The second kappa shape index (κ2) is 5.76. The highest BCUT2D eigenvalue weighted by molar-refractivity contribution is 7.89. The Morgan fingerprint density at radius 3 is 2.67 bits per heavy atom. The van der Waals surface area contributed by atoms with E-state index in [2.05, 4.69) is 0 Å². The minimum absolute atomic E-state index is 0.0820. The fraction of sp³-hybridized carbons (Fsp3) is 0.462. The predicted octanol–water partition coefficient (Wildman–Crippen LogP) is 3.01. The quantitative estimate of drug-likeness (QED) is 0.904. The van der Waals surface area contributed by atoms with Crippen LogP contribution in [-0.4, -0.2) is 35.9 Å².